The Morgan fingerprint density at radius 1 is 0.841 bits per heavy atom. The Bertz CT molecular complexity index is 2090. The number of piperazine rings is 1. The minimum Gasteiger partial charge on any atom is -0.368 e. The van der Waals surface area contributed by atoms with Gasteiger partial charge < -0.3 is 20.1 Å². The molecule has 0 unspecified atom stereocenters. The van der Waals surface area contributed by atoms with Gasteiger partial charge >= 0.3 is 0 Å². The van der Waals surface area contributed by atoms with Crippen molar-refractivity contribution in [1.29, 1.82) is 0 Å². The van der Waals surface area contributed by atoms with Crippen LogP contribution < -0.4 is 26.1 Å². The van der Waals surface area contributed by atoms with Gasteiger partial charge in [-0.05, 0) is 37.3 Å². The summed E-state index contributed by atoms with van der Waals surface area (Å²) in [6.07, 6.45) is 6.55. The van der Waals surface area contributed by atoms with Crippen molar-refractivity contribution in [3.63, 3.8) is 0 Å². The maximum atomic E-state index is 14.6. The lowest BCUT2D eigenvalue weighted by Gasteiger charge is -2.37. The first-order valence-electron chi connectivity index (χ1n) is 14.4. The highest BCUT2D eigenvalue weighted by Crippen LogP contribution is 2.36. The van der Waals surface area contributed by atoms with Crippen LogP contribution in [0.2, 0.25) is 5.02 Å². The van der Waals surface area contributed by atoms with Crippen LogP contribution >= 0.6 is 11.6 Å². The summed E-state index contributed by atoms with van der Waals surface area (Å²) in [6.45, 7) is 5.02. The monoisotopic (exact) mass is 604 g/mol. The molecule has 0 aliphatic carbocycles. The van der Waals surface area contributed by atoms with E-state index in [2.05, 4.69) is 35.1 Å². The quantitative estimate of drug-likeness (QED) is 0.268. The number of hydrogen-bond donors (Lipinski definition) is 2. The molecule has 0 amide bonds. The van der Waals surface area contributed by atoms with Crippen molar-refractivity contribution in [2.75, 3.05) is 41.3 Å². The molecule has 1 aliphatic heterocycles. The van der Waals surface area contributed by atoms with Crippen LogP contribution in [0.3, 0.4) is 0 Å². The van der Waals surface area contributed by atoms with Gasteiger partial charge in [-0.3, -0.25) is 19.1 Å². The van der Waals surface area contributed by atoms with Gasteiger partial charge in [0.25, 0.3) is 5.56 Å². The van der Waals surface area contributed by atoms with Crippen LogP contribution in [0.5, 0.6) is 0 Å². The highest BCUT2D eigenvalue weighted by atomic mass is 35.5. The lowest BCUT2D eigenvalue weighted by atomic mass is 10.0. The lowest BCUT2D eigenvalue weighted by molar-refractivity contribution is 0.654. The number of pyridine rings is 3. The van der Waals surface area contributed by atoms with E-state index >= 15 is 0 Å². The van der Waals surface area contributed by atoms with E-state index in [1.807, 2.05) is 67.6 Å². The van der Waals surface area contributed by atoms with Gasteiger partial charge in [0, 0.05) is 67.6 Å². The Kier molecular flexibility index (Phi) is 7.19. The normalized spacial score (nSPS) is 14.2. The first-order valence-corrected chi connectivity index (χ1v) is 14.8. The van der Waals surface area contributed by atoms with Crippen LogP contribution in [-0.4, -0.2) is 50.7 Å². The number of nitrogens with one attached hydrogen (secondary N) is 2. The molecule has 11 heteroatoms. The summed E-state index contributed by atoms with van der Waals surface area (Å²) < 4.78 is 1.67. The summed E-state index contributed by atoms with van der Waals surface area (Å²) >= 11 is 7.26. The summed E-state index contributed by atoms with van der Waals surface area (Å²) in [4.78, 5) is 47.7. The summed E-state index contributed by atoms with van der Waals surface area (Å²) in [5, 5.41) is 5.37. The number of nitrogens with zero attached hydrogens (tertiary/aromatic N) is 6. The van der Waals surface area contributed by atoms with E-state index in [-0.39, 0.29) is 11.0 Å². The molecule has 1 atom stereocenters. The van der Waals surface area contributed by atoms with Crippen molar-refractivity contribution < 1.29 is 0 Å². The van der Waals surface area contributed by atoms with Gasteiger partial charge in [-0.15, -0.1) is 0 Å². The molecule has 0 bridgehead atoms. The molecule has 0 radical (unpaired) electrons. The Morgan fingerprint density at radius 3 is 2.36 bits per heavy atom. The standard InChI is InChI=1S/C33H29ClN8O2/c1-21(39-32-28-26(43)12-15-36-31(28)37-20-38-32)30-29(34)24-8-5-9-25(27(24)33(44)42(30)23-6-3-2-4-7-23)41-18-16-40(17-19-41)22-10-13-35-14-11-22/h2-15,20-21H,16-19H2,1H3,(H2,36,37,38,39,43)/t21-/m0/s1. The number of H-pyrrole nitrogens is 1. The minimum absolute atomic E-state index is 0.170. The van der Waals surface area contributed by atoms with E-state index in [0.29, 0.717) is 44.0 Å². The second-order valence-corrected chi connectivity index (χ2v) is 11.1. The first-order chi connectivity index (χ1) is 21.5. The van der Waals surface area contributed by atoms with Crippen molar-refractivity contribution in [3.8, 4) is 5.69 Å². The van der Waals surface area contributed by atoms with Crippen LogP contribution in [0.4, 0.5) is 17.2 Å². The van der Waals surface area contributed by atoms with Crippen molar-refractivity contribution in [2.24, 2.45) is 0 Å². The molecule has 0 spiro atoms. The fourth-order valence-corrected chi connectivity index (χ4v) is 6.44. The van der Waals surface area contributed by atoms with E-state index in [4.69, 9.17) is 11.6 Å². The largest absolute Gasteiger partial charge is 0.368 e. The molecule has 1 fully saturated rings. The highest BCUT2D eigenvalue weighted by molar-refractivity contribution is 6.36. The second-order valence-electron chi connectivity index (χ2n) is 10.7. The van der Waals surface area contributed by atoms with Crippen molar-refractivity contribution in [3.05, 3.63) is 123 Å². The van der Waals surface area contributed by atoms with Gasteiger partial charge in [-0.2, -0.15) is 0 Å². The van der Waals surface area contributed by atoms with Crippen molar-refractivity contribution in [2.45, 2.75) is 13.0 Å². The van der Waals surface area contributed by atoms with Gasteiger partial charge in [0.1, 0.15) is 23.2 Å². The zero-order chi connectivity index (χ0) is 30.2. The third-order valence-corrected chi connectivity index (χ3v) is 8.53. The average molecular weight is 605 g/mol. The number of anilines is 3. The second kappa shape index (κ2) is 11.5. The van der Waals surface area contributed by atoms with Crippen molar-refractivity contribution in [1.82, 2.24) is 24.5 Å². The summed E-state index contributed by atoms with van der Waals surface area (Å²) in [5.41, 5.74) is 3.28. The Balaban J connectivity index is 1.34. The molecule has 0 saturated carbocycles. The molecule has 2 N–H and O–H groups in total. The Morgan fingerprint density at radius 2 is 1.59 bits per heavy atom. The molecule has 2 aromatic carbocycles. The lowest BCUT2D eigenvalue weighted by Crippen LogP contribution is -2.47. The number of para-hydroxylation sites is 1. The zero-order valence-electron chi connectivity index (χ0n) is 23.9. The number of halogens is 1. The number of rotatable bonds is 6. The molecule has 220 valence electrons. The maximum absolute atomic E-state index is 14.6. The minimum atomic E-state index is -0.509. The van der Waals surface area contributed by atoms with Crippen LogP contribution in [0, 0.1) is 0 Å². The number of fused-ring (bicyclic) bond motifs is 2. The molecule has 6 aromatic rings. The van der Waals surface area contributed by atoms with Crippen LogP contribution in [0.15, 0.2) is 101 Å². The van der Waals surface area contributed by atoms with E-state index in [1.165, 1.54) is 12.4 Å². The molecule has 1 saturated heterocycles. The maximum Gasteiger partial charge on any atom is 0.265 e. The van der Waals surface area contributed by atoms with E-state index in [0.717, 1.165) is 37.6 Å². The SMILES string of the molecule is C[C@H](Nc1ncnc2[nH]ccc(=O)c12)c1c(Cl)c2cccc(N3CCN(c4ccncc4)CC3)c2c(=O)n1-c1ccccc1. The molecule has 5 heterocycles. The fourth-order valence-electron chi connectivity index (χ4n) is 6.04. The van der Waals surface area contributed by atoms with Gasteiger partial charge in [0.15, 0.2) is 5.43 Å². The molecule has 44 heavy (non-hydrogen) atoms. The third kappa shape index (κ3) is 4.83. The molecule has 4 aromatic heterocycles. The van der Waals surface area contributed by atoms with E-state index in [9.17, 15) is 9.59 Å². The van der Waals surface area contributed by atoms with Gasteiger partial charge in [-0.25, -0.2) is 9.97 Å². The highest BCUT2D eigenvalue weighted by Gasteiger charge is 2.26. The van der Waals surface area contributed by atoms with Gasteiger partial charge in [0.2, 0.25) is 0 Å². The van der Waals surface area contributed by atoms with Gasteiger partial charge in [-0.1, -0.05) is 41.9 Å². The summed E-state index contributed by atoms with van der Waals surface area (Å²) in [5.74, 6) is 0.355. The smallest absolute Gasteiger partial charge is 0.265 e. The van der Waals surface area contributed by atoms with E-state index in [1.54, 1.807) is 23.2 Å². The zero-order valence-corrected chi connectivity index (χ0v) is 24.7. The van der Waals surface area contributed by atoms with Crippen molar-refractivity contribution >= 4 is 50.6 Å². The molecular formula is C33H29ClN8O2. The summed E-state index contributed by atoms with van der Waals surface area (Å²) in [7, 11) is 0. The number of aromatic nitrogens is 5. The number of hydrogen-bond acceptors (Lipinski definition) is 8. The molecule has 10 nitrogen and oxygen atoms in total. The number of aromatic amines is 1. The molecule has 1 aliphatic rings. The topological polar surface area (TPSA) is 112 Å². The van der Waals surface area contributed by atoms with Crippen LogP contribution in [0.1, 0.15) is 18.7 Å². The Labute approximate surface area is 257 Å². The fraction of sp³-hybridized carbons (Fsp3) is 0.182. The third-order valence-electron chi connectivity index (χ3n) is 8.14. The van der Waals surface area contributed by atoms with Crippen LogP contribution in [-0.2, 0) is 0 Å². The number of benzene rings is 2. The Hall–Kier alpha value is -5.22. The molecule has 7 rings (SSSR count). The predicted octanol–water partition coefficient (Wildman–Crippen LogP) is 5.17. The first kappa shape index (κ1) is 27.6. The van der Waals surface area contributed by atoms with Crippen LogP contribution in [0.25, 0.3) is 27.5 Å². The average Bonchev–Trinajstić information content (AvgIpc) is 3.07. The summed E-state index contributed by atoms with van der Waals surface area (Å²) in [6, 6.07) is 20.3. The molecular weight excluding hydrogens is 576 g/mol. The van der Waals surface area contributed by atoms with E-state index < -0.39 is 6.04 Å². The van der Waals surface area contributed by atoms with Gasteiger partial charge in [0.05, 0.1) is 27.8 Å². The predicted molar refractivity (Wildman–Crippen MR) is 175 cm³/mol.